The molecule has 2 amide bonds. The lowest BCUT2D eigenvalue weighted by Crippen LogP contribution is -2.51. The van der Waals surface area contributed by atoms with Crippen LogP contribution < -0.4 is 9.62 Å². The van der Waals surface area contributed by atoms with Gasteiger partial charge in [0.2, 0.25) is 11.8 Å². The SMILES string of the molecule is CCCCNC(=O)[C@H](C)N(Cc1c(Cl)cccc1Cl)C(=O)CN(c1ccc(C)cc1C)S(=O)(=O)c1ccc(C)cc1. The highest BCUT2D eigenvalue weighted by Crippen LogP contribution is 2.30. The molecule has 3 rings (SSSR count). The van der Waals surface area contributed by atoms with Gasteiger partial charge in [-0.2, -0.15) is 0 Å². The van der Waals surface area contributed by atoms with E-state index in [4.69, 9.17) is 23.2 Å². The third-order valence-corrected chi connectivity index (χ3v) is 9.38. The first-order chi connectivity index (χ1) is 19.4. The second-order valence-electron chi connectivity index (χ2n) is 10.2. The number of nitrogens with one attached hydrogen (secondary N) is 1. The summed E-state index contributed by atoms with van der Waals surface area (Å²) in [5, 5.41) is 3.55. The van der Waals surface area contributed by atoms with Gasteiger partial charge in [0.05, 0.1) is 10.6 Å². The number of hydrogen-bond acceptors (Lipinski definition) is 4. The van der Waals surface area contributed by atoms with Crippen LogP contribution in [0.5, 0.6) is 0 Å². The molecule has 220 valence electrons. The fraction of sp³-hybridized carbons (Fsp3) is 0.355. The summed E-state index contributed by atoms with van der Waals surface area (Å²) in [6.07, 6.45) is 1.69. The molecule has 0 heterocycles. The van der Waals surface area contributed by atoms with Crippen LogP contribution in [-0.4, -0.2) is 44.3 Å². The average Bonchev–Trinajstić information content (AvgIpc) is 2.92. The van der Waals surface area contributed by atoms with Crippen LogP contribution in [0.3, 0.4) is 0 Å². The lowest BCUT2D eigenvalue weighted by Gasteiger charge is -2.33. The minimum atomic E-state index is -4.15. The van der Waals surface area contributed by atoms with Crippen molar-refractivity contribution in [3.63, 3.8) is 0 Å². The Labute approximate surface area is 253 Å². The number of benzene rings is 3. The number of hydrogen-bond donors (Lipinski definition) is 1. The van der Waals surface area contributed by atoms with Crippen LogP contribution in [0.2, 0.25) is 10.0 Å². The summed E-state index contributed by atoms with van der Waals surface area (Å²) in [5.74, 6) is -0.927. The Kier molecular flexibility index (Phi) is 11.2. The fourth-order valence-corrected chi connectivity index (χ4v) is 6.40. The van der Waals surface area contributed by atoms with E-state index in [9.17, 15) is 18.0 Å². The third kappa shape index (κ3) is 8.03. The summed E-state index contributed by atoms with van der Waals surface area (Å²) in [6.45, 7) is 9.06. The van der Waals surface area contributed by atoms with Crippen molar-refractivity contribution in [1.29, 1.82) is 0 Å². The summed E-state index contributed by atoms with van der Waals surface area (Å²) < 4.78 is 29.1. The van der Waals surface area contributed by atoms with Crippen LogP contribution in [-0.2, 0) is 26.2 Å². The lowest BCUT2D eigenvalue weighted by molar-refractivity contribution is -0.139. The van der Waals surface area contributed by atoms with Crippen LogP contribution >= 0.6 is 23.2 Å². The molecule has 7 nitrogen and oxygen atoms in total. The standard InChI is InChI=1S/C31H37Cl2N3O4S/c1-6-7-17-34-31(38)24(5)35(19-26-27(32)9-8-10-28(26)33)30(37)20-36(29-16-13-22(3)18-23(29)4)41(39,40)25-14-11-21(2)12-15-25/h8-16,18,24H,6-7,17,19-20H2,1-5H3,(H,34,38)/t24-/m0/s1. The van der Waals surface area contributed by atoms with Gasteiger partial charge in [-0.05, 0) is 70.0 Å². The summed E-state index contributed by atoms with van der Waals surface area (Å²) in [6, 6.07) is 15.9. The van der Waals surface area contributed by atoms with Gasteiger partial charge in [0.25, 0.3) is 10.0 Å². The summed E-state index contributed by atoms with van der Waals surface area (Å²) >= 11 is 12.9. The van der Waals surface area contributed by atoms with Gasteiger partial charge in [-0.1, -0.05) is 78.0 Å². The smallest absolute Gasteiger partial charge is 0.264 e. The number of sulfonamides is 1. The van der Waals surface area contributed by atoms with Gasteiger partial charge < -0.3 is 10.2 Å². The molecule has 41 heavy (non-hydrogen) atoms. The molecule has 0 aliphatic rings. The molecule has 0 fully saturated rings. The van der Waals surface area contributed by atoms with E-state index in [1.54, 1.807) is 56.3 Å². The third-order valence-electron chi connectivity index (χ3n) is 6.90. The number of unbranched alkanes of at least 4 members (excludes halogenated alkanes) is 1. The topological polar surface area (TPSA) is 86.8 Å². The molecule has 0 radical (unpaired) electrons. The van der Waals surface area contributed by atoms with Gasteiger partial charge in [-0.25, -0.2) is 8.42 Å². The number of carbonyl (C=O) groups excluding carboxylic acids is 2. The molecule has 1 atom stereocenters. The molecule has 0 saturated heterocycles. The van der Waals surface area contributed by atoms with Crippen molar-refractivity contribution in [2.45, 2.75) is 64.9 Å². The van der Waals surface area contributed by atoms with E-state index in [1.165, 1.54) is 17.0 Å². The van der Waals surface area contributed by atoms with E-state index >= 15 is 0 Å². The van der Waals surface area contributed by atoms with Gasteiger partial charge in [0.15, 0.2) is 0 Å². The largest absolute Gasteiger partial charge is 0.354 e. The van der Waals surface area contributed by atoms with Crippen molar-refractivity contribution in [2.24, 2.45) is 0 Å². The van der Waals surface area contributed by atoms with Crippen LogP contribution in [0.25, 0.3) is 0 Å². The molecule has 3 aromatic rings. The predicted octanol–water partition coefficient (Wildman–Crippen LogP) is 6.45. The Morgan fingerprint density at radius 3 is 2.12 bits per heavy atom. The zero-order chi connectivity index (χ0) is 30.3. The lowest BCUT2D eigenvalue weighted by atomic mass is 10.1. The number of nitrogens with zero attached hydrogens (tertiary/aromatic N) is 2. The molecular formula is C31H37Cl2N3O4S. The maximum absolute atomic E-state index is 14.1. The molecule has 3 aromatic carbocycles. The van der Waals surface area contributed by atoms with Crippen molar-refractivity contribution >= 4 is 50.7 Å². The first kappa shape index (κ1) is 32.4. The number of aryl methyl sites for hydroxylation is 3. The van der Waals surface area contributed by atoms with Crippen molar-refractivity contribution in [3.8, 4) is 0 Å². The van der Waals surface area contributed by atoms with Crippen molar-refractivity contribution in [1.82, 2.24) is 10.2 Å². The Bertz CT molecular complexity index is 1470. The summed E-state index contributed by atoms with van der Waals surface area (Å²) in [7, 11) is -4.15. The zero-order valence-electron chi connectivity index (χ0n) is 24.1. The Hall–Kier alpha value is -3.07. The number of anilines is 1. The molecular weight excluding hydrogens is 581 g/mol. The van der Waals surface area contributed by atoms with Gasteiger partial charge in [0.1, 0.15) is 12.6 Å². The second kappa shape index (κ2) is 14.2. The van der Waals surface area contributed by atoms with Gasteiger partial charge in [-0.3, -0.25) is 13.9 Å². The van der Waals surface area contributed by atoms with Gasteiger partial charge in [0, 0.05) is 28.7 Å². The van der Waals surface area contributed by atoms with E-state index in [0.29, 0.717) is 33.4 Å². The fourth-order valence-electron chi connectivity index (χ4n) is 4.41. The van der Waals surface area contributed by atoms with Crippen molar-refractivity contribution in [2.75, 3.05) is 17.4 Å². The van der Waals surface area contributed by atoms with E-state index in [2.05, 4.69) is 5.32 Å². The van der Waals surface area contributed by atoms with E-state index in [-0.39, 0.29) is 17.3 Å². The predicted molar refractivity (Wildman–Crippen MR) is 166 cm³/mol. The van der Waals surface area contributed by atoms with Crippen molar-refractivity contribution in [3.05, 3.63) is 93.0 Å². The molecule has 0 spiro atoms. The number of carbonyl (C=O) groups is 2. The van der Waals surface area contributed by atoms with Gasteiger partial charge in [-0.15, -0.1) is 0 Å². The summed E-state index contributed by atoms with van der Waals surface area (Å²) in [4.78, 5) is 28.6. The molecule has 0 saturated carbocycles. The molecule has 0 bridgehead atoms. The monoisotopic (exact) mass is 617 g/mol. The van der Waals surface area contributed by atoms with E-state index < -0.39 is 28.5 Å². The molecule has 0 aliphatic heterocycles. The Balaban J connectivity index is 2.07. The highest BCUT2D eigenvalue weighted by atomic mass is 35.5. The van der Waals surface area contributed by atoms with Crippen LogP contribution in [0.15, 0.2) is 65.6 Å². The van der Waals surface area contributed by atoms with Crippen LogP contribution in [0.1, 0.15) is 48.9 Å². The summed E-state index contributed by atoms with van der Waals surface area (Å²) in [5.41, 5.74) is 3.40. The normalized spacial score (nSPS) is 12.1. The van der Waals surface area contributed by atoms with Crippen LogP contribution in [0, 0.1) is 20.8 Å². The average molecular weight is 619 g/mol. The Morgan fingerprint density at radius 1 is 0.927 bits per heavy atom. The number of amides is 2. The number of rotatable bonds is 12. The van der Waals surface area contributed by atoms with E-state index in [1.807, 2.05) is 26.8 Å². The van der Waals surface area contributed by atoms with Crippen molar-refractivity contribution < 1.29 is 18.0 Å². The first-order valence-corrected chi connectivity index (χ1v) is 15.7. The highest BCUT2D eigenvalue weighted by Gasteiger charge is 2.33. The first-order valence-electron chi connectivity index (χ1n) is 13.5. The molecule has 0 aliphatic carbocycles. The second-order valence-corrected chi connectivity index (χ2v) is 12.8. The quantitative estimate of drug-likeness (QED) is 0.237. The molecule has 10 heteroatoms. The maximum atomic E-state index is 14.1. The van der Waals surface area contributed by atoms with Crippen LogP contribution in [0.4, 0.5) is 5.69 Å². The van der Waals surface area contributed by atoms with Gasteiger partial charge >= 0.3 is 0 Å². The highest BCUT2D eigenvalue weighted by molar-refractivity contribution is 7.92. The molecule has 0 unspecified atom stereocenters. The number of halogens is 2. The minimum absolute atomic E-state index is 0.0573. The Morgan fingerprint density at radius 2 is 1.54 bits per heavy atom. The molecule has 1 N–H and O–H groups in total. The molecule has 0 aromatic heterocycles. The minimum Gasteiger partial charge on any atom is -0.354 e. The zero-order valence-corrected chi connectivity index (χ0v) is 26.4. The maximum Gasteiger partial charge on any atom is 0.264 e. The van der Waals surface area contributed by atoms with E-state index in [0.717, 1.165) is 28.3 Å².